The summed E-state index contributed by atoms with van der Waals surface area (Å²) in [5.41, 5.74) is 3.08. The van der Waals surface area contributed by atoms with Crippen molar-refractivity contribution in [3.63, 3.8) is 0 Å². The number of carbonyl (C=O) groups is 1. The van der Waals surface area contributed by atoms with E-state index >= 15 is 0 Å². The second-order valence-electron chi connectivity index (χ2n) is 7.70. The second kappa shape index (κ2) is 10.4. The first-order valence-corrected chi connectivity index (χ1v) is 10.5. The van der Waals surface area contributed by atoms with Gasteiger partial charge in [-0.25, -0.2) is 0 Å². The van der Waals surface area contributed by atoms with Gasteiger partial charge in [0.2, 0.25) is 0 Å². The SMILES string of the molecule is CC(c1ccccc1)N(CCCO)C(=O)c1ccc(CN2CCCCC2)cc1. The van der Waals surface area contributed by atoms with Gasteiger partial charge in [0.05, 0.1) is 6.04 Å². The Bertz CT molecular complexity index is 724. The van der Waals surface area contributed by atoms with E-state index in [-0.39, 0.29) is 18.6 Å². The zero-order valence-corrected chi connectivity index (χ0v) is 16.9. The van der Waals surface area contributed by atoms with Crippen LogP contribution in [0.5, 0.6) is 0 Å². The van der Waals surface area contributed by atoms with E-state index in [0.717, 1.165) is 12.1 Å². The van der Waals surface area contributed by atoms with Crippen LogP contribution >= 0.6 is 0 Å². The Hall–Kier alpha value is -2.17. The minimum Gasteiger partial charge on any atom is -0.396 e. The van der Waals surface area contributed by atoms with Crippen molar-refractivity contribution in [2.45, 2.75) is 45.2 Å². The first-order valence-electron chi connectivity index (χ1n) is 10.5. The van der Waals surface area contributed by atoms with Crippen LogP contribution in [0, 0.1) is 0 Å². The Labute approximate surface area is 168 Å². The van der Waals surface area contributed by atoms with Crippen LogP contribution in [0.4, 0.5) is 0 Å². The van der Waals surface area contributed by atoms with Gasteiger partial charge in [-0.3, -0.25) is 9.69 Å². The number of hydrogen-bond acceptors (Lipinski definition) is 3. The van der Waals surface area contributed by atoms with Gasteiger partial charge < -0.3 is 10.0 Å². The number of piperidine rings is 1. The van der Waals surface area contributed by atoms with Crippen LogP contribution in [0.25, 0.3) is 0 Å². The van der Waals surface area contributed by atoms with E-state index in [2.05, 4.69) is 24.0 Å². The van der Waals surface area contributed by atoms with Crippen LogP contribution < -0.4 is 0 Å². The Morgan fingerprint density at radius 2 is 1.71 bits per heavy atom. The molecule has 4 heteroatoms. The molecule has 1 saturated heterocycles. The lowest BCUT2D eigenvalue weighted by molar-refractivity contribution is 0.0677. The van der Waals surface area contributed by atoms with Gasteiger partial charge in [0.1, 0.15) is 0 Å². The fraction of sp³-hybridized carbons (Fsp3) is 0.458. The summed E-state index contributed by atoms with van der Waals surface area (Å²) < 4.78 is 0. The molecular weight excluding hydrogens is 348 g/mol. The van der Waals surface area contributed by atoms with Crippen LogP contribution in [-0.2, 0) is 6.54 Å². The van der Waals surface area contributed by atoms with E-state index < -0.39 is 0 Å². The molecule has 2 aromatic rings. The maximum Gasteiger partial charge on any atom is 0.254 e. The third-order valence-corrected chi connectivity index (χ3v) is 5.62. The maximum absolute atomic E-state index is 13.2. The molecule has 0 spiro atoms. The molecule has 1 N–H and O–H groups in total. The fourth-order valence-electron chi connectivity index (χ4n) is 3.92. The molecule has 1 heterocycles. The molecule has 1 aliphatic heterocycles. The average Bonchev–Trinajstić information content (AvgIpc) is 2.75. The molecule has 0 bridgehead atoms. The van der Waals surface area contributed by atoms with E-state index in [1.807, 2.05) is 47.4 Å². The maximum atomic E-state index is 13.2. The summed E-state index contributed by atoms with van der Waals surface area (Å²) in [5, 5.41) is 9.27. The number of likely N-dealkylation sites (tertiary alicyclic amines) is 1. The van der Waals surface area contributed by atoms with E-state index in [4.69, 9.17) is 0 Å². The predicted molar refractivity (Wildman–Crippen MR) is 113 cm³/mol. The molecule has 2 aromatic carbocycles. The minimum atomic E-state index is -0.0340. The molecule has 1 unspecified atom stereocenters. The lowest BCUT2D eigenvalue weighted by Gasteiger charge is -2.30. The Balaban J connectivity index is 1.70. The number of aliphatic hydroxyl groups excluding tert-OH is 1. The minimum absolute atomic E-state index is 0.0225. The van der Waals surface area contributed by atoms with Gasteiger partial charge in [0.25, 0.3) is 5.91 Å². The second-order valence-corrected chi connectivity index (χ2v) is 7.70. The molecular formula is C24H32N2O2. The Morgan fingerprint density at radius 3 is 2.36 bits per heavy atom. The van der Waals surface area contributed by atoms with E-state index in [1.54, 1.807) is 0 Å². The molecule has 1 fully saturated rings. The molecule has 0 aromatic heterocycles. The van der Waals surface area contributed by atoms with Gasteiger partial charge in [0.15, 0.2) is 0 Å². The van der Waals surface area contributed by atoms with Gasteiger partial charge >= 0.3 is 0 Å². The topological polar surface area (TPSA) is 43.8 Å². The highest BCUT2D eigenvalue weighted by atomic mass is 16.3. The van der Waals surface area contributed by atoms with Crippen molar-refractivity contribution in [1.82, 2.24) is 9.80 Å². The van der Waals surface area contributed by atoms with Crippen molar-refractivity contribution in [1.29, 1.82) is 0 Å². The largest absolute Gasteiger partial charge is 0.396 e. The molecule has 1 atom stereocenters. The summed E-state index contributed by atoms with van der Waals surface area (Å²) in [7, 11) is 0. The Morgan fingerprint density at radius 1 is 1.04 bits per heavy atom. The Kier molecular flexibility index (Phi) is 7.63. The number of amides is 1. The molecule has 1 aliphatic rings. The monoisotopic (exact) mass is 380 g/mol. The van der Waals surface area contributed by atoms with Gasteiger partial charge in [-0.2, -0.15) is 0 Å². The first-order chi connectivity index (χ1) is 13.7. The fourth-order valence-corrected chi connectivity index (χ4v) is 3.92. The lowest BCUT2D eigenvalue weighted by atomic mass is 10.0. The molecule has 1 amide bonds. The summed E-state index contributed by atoms with van der Waals surface area (Å²) >= 11 is 0. The van der Waals surface area contributed by atoms with E-state index in [0.29, 0.717) is 18.5 Å². The lowest BCUT2D eigenvalue weighted by Crippen LogP contribution is -2.35. The summed E-state index contributed by atoms with van der Waals surface area (Å²) in [6, 6.07) is 18.1. The van der Waals surface area contributed by atoms with Crippen LogP contribution in [-0.4, -0.2) is 47.1 Å². The molecule has 3 rings (SSSR count). The molecule has 0 aliphatic carbocycles. The van der Waals surface area contributed by atoms with Crippen LogP contribution in [0.2, 0.25) is 0 Å². The van der Waals surface area contributed by atoms with Crippen molar-refractivity contribution in [2.24, 2.45) is 0 Å². The van der Waals surface area contributed by atoms with E-state index in [1.165, 1.54) is 37.9 Å². The highest BCUT2D eigenvalue weighted by Gasteiger charge is 2.22. The summed E-state index contributed by atoms with van der Waals surface area (Å²) in [5.74, 6) is 0.0225. The summed E-state index contributed by atoms with van der Waals surface area (Å²) in [4.78, 5) is 17.6. The van der Waals surface area contributed by atoms with Crippen LogP contribution in [0.1, 0.15) is 60.1 Å². The zero-order chi connectivity index (χ0) is 19.8. The number of nitrogens with zero attached hydrogens (tertiary/aromatic N) is 2. The quantitative estimate of drug-likeness (QED) is 0.744. The molecule has 150 valence electrons. The molecule has 28 heavy (non-hydrogen) atoms. The number of benzene rings is 2. The normalized spacial score (nSPS) is 15.9. The first kappa shape index (κ1) is 20.6. The van der Waals surface area contributed by atoms with Crippen LogP contribution in [0.3, 0.4) is 0 Å². The highest BCUT2D eigenvalue weighted by molar-refractivity contribution is 5.94. The van der Waals surface area contributed by atoms with Crippen LogP contribution in [0.15, 0.2) is 54.6 Å². The van der Waals surface area contributed by atoms with E-state index in [9.17, 15) is 9.90 Å². The van der Waals surface area contributed by atoms with Gasteiger partial charge in [-0.1, -0.05) is 48.9 Å². The highest BCUT2D eigenvalue weighted by Crippen LogP contribution is 2.23. The third kappa shape index (κ3) is 5.43. The zero-order valence-electron chi connectivity index (χ0n) is 16.9. The molecule has 4 nitrogen and oxygen atoms in total. The van der Waals surface area contributed by atoms with Gasteiger partial charge in [0, 0.05) is 25.3 Å². The summed E-state index contributed by atoms with van der Waals surface area (Å²) in [6.07, 6.45) is 4.49. The van der Waals surface area contributed by atoms with Crippen molar-refractivity contribution < 1.29 is 9.90 Å². The third-order valence-electron chi connectivity index (χ3n) is 5.62. The van der Waals surface area contributed by atoms with Crippen molar-refractivity contribution in [3.05, 3.63) is 71.3 Å². The van der Waals surface area contributed by atoms with Crippen molar-refractivity contribution >= 4 is 5.91 Å². The van der Waals surface area contributed by atoms with Gasteiger partial charge in [-0.15, -0.1) is 0 Å². The number of hydrogen-bond donors (Lipinski definition) is 1. The molecule has 0 radical (unpaired) electrons. The van der Waals surface area contributed by atoms with Crippen molar-refractivity contribution in [3.8, 4) is 0 Å². The smallest absolute Gasteiger partial charge is 0.254 e. The van der Waals surface area contributed by atoms with Crippen molar-refractivity contribution in [2.75, 3.05) is 26.2 Å². The number of rotatable bonds is 8. The predicted octanol–water partition coefficient (Wildman–Crippen LogP) is 4.26. The standard InChI is InChI=1S/C24H32N2O2/c1-20(22-9-4-2-5-10-22)26(17-8-18-27)24(28)23-13-11-21(12-14-23)19-25-15-6-3-7-16-25/h2,4-5,9-14,20,27H,3,6-8,15-19H2,1H3. The number of aliphatic hydroxyl groups is 1. The number of carbonyl (C=O) groups excluding carboxylic acids is 1. The summed E-state index contributed by atoms with van der Waals surface area (Å²) in [6.45, 7) is 5.98. The van der Waals surface area contributed by atoms with Gasteiger partial charge in [-0.05, 0) is 62.5 Å². The molecule has 0 saturated carbocycles. The average molecular weight is 381 g/mol.